The van der Waals surface area contributed by atoms with Crippen LogP contribution in [0, 0.1) is 11.7 Å². The normalized spacial score (nSPS) is 10.8. The largest absolute Gasteiger partial charge is 0.395 e. The number of nitrogens with two attached hydrogens (primary N) is 1. The van der Waals surface area contributed by atoms with Crippen molar-refractivity contribution >= 4 is 11.4 Å². The minimum atomic E-state index is -0.354. The molecule has 2 nitrogen and oxygen atoms in total. The van der Waals surface area contributed by atoms with Gasteiger partial charge in [0, 0.05) is 6.54 Å². The van der Waals surface area contributed by atoms with Crippen LogP contribution in [0.15, 0.2) is 18.2 Å². The number of benzene rings is 1. The van der Waals surface area contributed by atoms with E-state index in [0.29, 0.717) is 5.69 Å². The Morgan fingerprint density at radius 2 is 2.06 bits per heavy atom. The number of hydrogen-bond acceptors (Lipinski definition) is 2. The first-order chi connectivity index (χ1) is 7.61. The Labute approximate surface area is 97.0 Å². The second-order valence-corrected chi connectivity index (χ2v) is 4.52. The smallest absolute Gasteiger partial charge is 0.148 e. The number of unbranched alkanes of at least 4 members (excludes halogenated alkanes) is 1. The van der Waals surface area contributed by atoms with Gasteiger partial charge in [-0.25, -0.2) is 4.39 Å². The van der Waals surface area contributed by atoms with Gasteiger partial charge < -0.3 is 11.1 Å². The molecule has 0 aromatic heterocycles. The summed E-state index contributed by atoms with van der Waals surface area (Å²) in [6.07, 6.45) is 3.52. The molecule has 0 unspecified atom stereocenters. The summed E-state index contributed by atoms with van der Waals surface area (Å²) in [4.78, 5) is 0. The summed E-state index contributed by atoms with van der Waals surface area (Å²) in [5, 5.41) is 3.16. The lowest BCUT2D eigenvalue weighted by Gasteiger charge is -2.10. The van der Waals surface area contributed by atoms with Gasteiger partial charge in [-0.15, -0.1) is 0 Å². The summed E-state index contributed by atoms with van der Waals surface area (Å²) >= 11 is 0. The van der Waals surface area contributed by atoms with Crippen LogP contribution in [0.5, 0.6) is 0 Å². The highest BCUT2D eigenvalue weighted by Gasteiger charge is 2.02. The average molecular weight is 224 g/mol. The lowest BCUT2D eigenvalue weighted by atomic mass is 10.1. The third-order valence-electron chi connectivity index (χ3n) is 2.58. The maximum Gasteiger partial charge on any atom is 0.148 e. The zero-order chi connectivity index (χ0) is 12.0. The Morgan fingerprint density at radius 1 is 1.31 bits per heavy atom. The fourth-order valence-corrected chi connectivity index (χ4v) is 1.59. The molecule has 16 heavy (non-hydrogen) atoms. The molecular weight excluding hydrogens is 203 g/mol. The van der Waals surface area contributed by atoms with Crippen LogP contribution < -0.4 is 11.1 Å². The van der Waals surface area contributed by atoms with Crippen molar-refractivity contribution in [1.29, 1.82) is 0 Å². The molecule has 0 heterocycles. The Kier molecular flexibility index (Phi) is 5.09. The van der Waals surface area contributed by atoms with Crippen LogP contribution in [-0.4, -0.2) is 6.54 Å². The molecule has 0 aliphatic heterocycles. The lowest BCUT2D eigenvalue weighted by Crippen LogP contribution is -2.05. The van der Waals surface area contributed by atoms with Crippen molar-refractivity contribution in [2.24, 2.45) is 5.92 Å². The van der Waals surface area contributed by atoms with Gasteiger partial charge in [-0.1, -0.05) is 32.8 Å². The molecule has 3 N–H and O–H groups in total. The highest BCUT2D eigenvalue weighted by atomic mass is 19.1. The number of hydrogen-bond donors (Lipinski definition) is 2. The molecule has 0 atom stereocenters. The second-order valence-electron chi connectivity index (χ2n) is 4.52. The maximum atomic E-state index is 13.1. The Hall–Kier alpha value is -1.25. The van der Waals surface area contributed by atoms with Crippen molar-refractivity contribution in [1.82, 2.24) is 0 Å². The maximum absolute atomic E-state index is 13.1. The zero-order valence-electron chi connectivity index (χ0n) is 10.1. The first-order valence-corrected chi connectivity index (χ1v) is 5.89. The van der Waals surface area contributed by atoms with Crippen LogP contribution in [0.25, 0.3) is 0 Å². The van der Waals surface area contributed by atoms with Crippen LogP contribution in [-0.2, 0) is 0 Å². The van der Waals surface area contributed by atoms with Gasteiger partial charge in [0.05, 0.1) is 11.4 Å². The molecule has 3 heteroatoms. The minimum absolute atomic E-state index is 0.214. The van der Waals surface area contributed by atoms with E-state index >= 15 is 0 Å². The molecule has 90 valence electrons. The highest BCUT2D eigenvalue weighted by Crippen LogP contribution is 2.21. The topological polar surface area (TPSA) is 38.0 Å². The van der Waals surface area contributed by atoms with Gasteiger partial charge in [-0.2, -0.15) is 0 Å². The molecule has 1 aromatic rings. The molecule has 0 fully saturated rings. The predicted molar refractivity (Wildman–Crippen MR) is 68.0 cm³/mol. The summed E-state index contributed by atoms with van der Waals surface area (Å²) in [5.74, 6) is 0.395. The van der Waals surface area contributed by atoms with Crippen LogP contribution in [0.2, 0.25) is 0 Å². The third kappa shape index (κ3) is 4.09. The van der Waals surface area contributed by atoms with Crippen LogP contribution in [0.4, 0.5) is 15.8 Å². The molecule has 0 aliphatic rings. The van der Waals surface area contributed by atoms with E-state index in [1.165, 1.54) is 18.9 Å². The fraction of sp³-hybridized carbons (Fsp3) is 0.538. The monoisotopic (exact) mass is 224 g/mol. The number of halogens is 1. The molecule has 1 rings (SSSR count). The Balaban J connectivity index is 2.29. The third-order valence-corrected chi connectivity index (χ3v) is 2.58. The molecule has 0 bridgehead atoms. The zero-order valence-corrected chi connectivity index (χ0v) is 10.1. The lowest BCUT2D eigenvalue weighted by molar-refractivity contribution is 0.545. The first-order valence-electron chi connectivity index (χ1n) is 5.89. The van der Waals surface area contributed by atoms with E-state index in [1.54, 1.807) is 12.1 Å². The van der Waals surface area contributed by atoms with Crippen molar-refractivity contribution in [3.63, 3.8) is 0 Å². The van der Waals surface area contributed by atoms with Crippen LogP contribution in [0.3, 0.4) is 0 Å². The SMILES string of the molecule is CC(C)CCCCNc1cccc(F)c1N. The molecule has 0 saturated heterocycles. The number of nitrogen functional groups attached to an aromatic ring is 1. The number of nitrogens with one attached hydrogen (secondary N) is 1. The van der Waals surface area contributed by atoms with Crippen molar-refractivity contribution in [3.8, 4) is 0 Å². The molecule has 1 aromatic carbocycles. The summed E-state index contributed by atoms with van der Waals surface area (Å²) < 4.78 is 13.1. The summed E-state index contributed by atoms with van der Waals surface area (Å²) in [5.41, 5.74) is 6.52. The van der Waals surface area contributed by atoms with E-state index in [9.17, 15) is 4.39 Å². The van der Waals surface area contributed by atoms with Gasteiger partial charge in [-0.05, 0) is 24.5 Å². The van der Waals surface area contributed by atoms with Crippen molar-refractivity contribution < 1.29 is 4.39 Å². The van der Waals surface area contributed by atoms with Gasteiger partial charge in [0.25, 0.3) is 0 Å². The number of para-hydroxylation sites is 1. The summed E-state index contributed by atoms with van der Waals surface area (Å²) in [6, 6.07) is 4.85. The number of anilines is 2. The fourth-order valence-electron chi connectivity index (χ4n) is 1.59. The van der Waals surface area contributed by atoms with Crippen LogP contribution in [0.1, 0.15) is 33.1 Å². The van der Waals surface area contributed by atoms with Gasteiger partial charge >= 0.3 is 0 Å². The Bertz CT molecular complexity index is 324. The van der Waals surface area contributed by atoms with Gasteiger partial charge in [0.2, 0.25) is 0 Å². The summed E-state index contributed by atoms with van der Waals surface area (Å²) in [7, 11) is 0. The van der Waals surface area contributed by atoms with Crippen LogP contribution >= 0.6 is 0 Å². The van der Waals surface area contributed by atoms with E-state index in [1.807, 2.05) is 0 Å². The molecule has 0 saturated carbocycles. The minimum Gasteiger partial charge on any atom is -0.395 e. The Morgan fingerprint density at radius 3 is 2.75 bits per heavy atom. The first kappa shape index (κ1) is 12.8. The van der Waals surface area contributed by atoms with E-state index in [0.717, 1.165) is 18.9 Å². The van der Waals surface area contributed by atoms with Crippen molar-refractivity contribution in [2.45, 2.75) is 33.1 Å². The quantitative estimate of drug-likeness (QED) is 0.572. The molecule has 0 radical (unpaired) electrons. The second kappa shape index (κ2) is 6.36. The molecular formula is C13H21FN2. The standard InChI is InChI=1S/C13H21FN2/c1-10(2)6-3-4-9-16-12-8-5-7-11(14)13(12)15/h5,7-8,10,16H,3-4,6,9,15H2,1-2H3. The predicted octanol–water partition coefficient (Wildman–Crippen LogP) is 3.65. The average Bonchev–Trinajstić information content (AvgIpc) is 2.23. The van der Waals surface area contributed by atoms with Gasteiger partial charge in [0.15, 0.2) is 0 Å². The van der Waals surface area contributed by atoms with E-state index in [-0.39, 0.29) is 11.5 Å². The van der Waals surface area contributed by atoms with Crippen molar-refractivity contribution in [2.75, 3.05) is 17.6 Å². The van der Waals surface area contributed by atoms with Gasteiger partial charge in [-0.3, -0.25) is 0 Å². The van der Waals surface area contributed by atoms with E-state index < -0.39 is 0 Å². The molecule has 0 aliphatic carbocycles. The summed E-state index contributed by atoms with van der Waals surface area (Å²) in [6.45, 7) is 5.29. The molecule has 0 amide bonds. The number of rotatable bonds is 6. The molecule has 0 spiro atoms. The van der Waals surface area contributed by atoms with E-state index in [4.69, 9.17) is 5.73 Å². The van der Waals surface area contributed by atoms with Gasteiger partial charge in [0.1, 0.15) is 5.82 Å². The van der Waals surface area contributed by atoms with Crippen molar-refractivity contribution in [3.05, 3.63) is 24.0 Å². The van der Waals surface area contributed by atoms with E-state index in [2.05, 4.69) is 19.2 Å². The highest BCUT2D eigenvalue weighted by molar-refractivity contribution is 5.66.